The Kier molecular flexibility index (Phi) is 5.14. The van der Waals surface area contributed by atoms with Gasteiger partial charge in [-0.2, -0.15) is 4.57 Å². The summed E-state index contributed by atoms with van der Waals surface area (Å²) in [7, 11) is -2.62. The number of pyridine rings is 1. The van der Waals surface area contributed by atoms with Gasteiger partial charge in [0, 0.05) is 12.1 Å². The van der Waals surface area contributed by atoms with Crippen molar-refractivity contribution in [2.45, 2.75) is 11.8 Å². The van der Waals surface area contributed by atoms with E-state index in [0.717, 1.165) is 0 Å². The van der Waals surface area contributed by atoms with E-state index in [1.54, 1.807) is 44.4 Å². The van der Waals surface area contributed by atoms with Crippen LogP contribution < -0.4 is 4.57 Å². The molecular formula is C13H14FNO3S. The zero-order valence-electron chi connectivity index (χ0n) is 10.6. The molecule has 0 unspecified atom stereocenters. The van der Waals surface area contributed by atoms with Gasteiger partial charge in [0.1, 0.15) is 17.2 Å². The Morgan fingerprint density at radius 1 is 1.11 bits per heavy atom. The van der Waals surface area contributed by atoms with E-state index in [-0.39, 0.29) is 10.8 Å². The standard InChI is InChI=1S/C7H8O3S.C6H7FN/c1-6-4-2-3-5-7(6)11(8,9)10;1-8-5-3-2-4-6(8)7/h2-5H,1H3,(H,8,9,10);2-5H,1H3/q;+1/p-1. The van der Waals surface area contributed by atoms with E-state index < -0.39 is 10.1 Å². The molecule has 0 aliphatic carbocycles. The van der Waals surface area contributed by atoms with Gasteiger partial charge in [-0.25, -0.2) is 8.42 Å². The highest BCUT2D eigenvalue weighted by Gasteiger charge is 2.02. The van der Waals surface area contributed by atoms with Crippen LogP contribution in [0.2, 0.25) is 0 Å². The van der Waals surface area contributed by atoms with Gasteiger partial charge in [-0.15, -0.1) is 4.39 Å². The first-order valence-corrected chi connectivity index (χ1v) is 6.85. The molecule has 0 aliphatic heterocycles. The van der Waals surface area contributed by atoms with Crippen molar-refractivity contribution in [2.24, 2.45) is 7.05 Å². The molecule has 0 spiro atoms. The van der Waals surface area contributed by atoms with Crippen molar-refractivity contribution in [1.29, 1.82) is 0 Å². The molecule has 0 amide bonds. The molecule has 2 aromatic rings. The number of rotatable bonds is 1. The highest BCUT2D eigenvalue weighted by Crippen LogP contribution is 2.12. The van der Waals surface area contributed by atoms with Crippen molar-refractivity contribution in [3.63, 3.8) is 0 Å². The van der Waals surface area contributed by atoms with E-state index in [1.165, 1.54) is 22.8 Å². The lowest BCUT2D eigenvalue weighted by molar-refractivity contribution is -0.700. The van der Waals surface area contributed by atoms with Gasteiger partial charge in [-0.1, -0.05) is 18.2 Å². The molecule has 0 fully saturated rings. The van der Waals surface area contributed by atoms with E-state index in [9.17, 15) is 17.4 Å². The van der Waals surface area contributed by atoms with Crippen LogP contribution in [0, 0.1) is 12.9 Å². The average molecular weight is 283 g/mol. The molecule has 2 rings (SSSR count). The highest BCUT2D eigenvalue weighted by atomic mass is 32.2. The van der Waals surface area contributed by atoms with Crippen molar-refractivity contribution < 1.29 is 21.9 Å². The summed E-state index contributed by atoms with van der Waals surface area (Å²) < 4.78 is 45.2. The molecule has 0 N–H and O–H groups in total. The Balaban J connectivity index is 0.000000200. The van der Waals surface area contributed by atoms with E-state index in [2.05, 4.69) is 0 Å². The van der Waals surface area contributed by atoms with E-state index >= 15 is 0 Å². The summed E-state index contributed by atoms with van der Waals surface area (Å²) >= 11 is 0. The van der Waals surface area contributed by atoms with E-state index in [4.69, 9.17) is 0 Å². The zero-order valence-corrected chi connectivity index (χ0v) is 11.4. The lowest BCUT2D eigenvalue weighted by Crippen LogP contribution is -2.31. The fourth-order valence-corrected chi connectivity index (χ4v) is 2.05. The molecular weight excluding hydrogens is 269 g/mol. The van der Waals surface area contributed by atoms with Crippen molar-refractivity contribution in [2.75, 3.05) is 0 Å². The van der Waals surface area contributed by atoms with Crippen molar-refractivity contribution in [3.8, 4) is 0 Å². The third kappa shape index (κ3) is 4.76. The van der Waals surface area contributed by atoms with Crippen LogP contribution in [0.1, 0.15) is 5.56 Å². The first-order valence-electron chi connectivity index (χ1n) is 5.44. The Hall–Kier alpha value is -1.79. The third-order valence-corrected chi connectivity index (χ3v) is 3.35. The quantitative estimate of drug-likeness (QED) is 0.453. The second kappa shape index (κ2) is 6.40. The minimum absolute atomic E-state index is 0.139. The Labute approximate surface area is 111 Å². The van der Waals surface area contributed by atoms with Gasteiger partial charge in [0.2, 0.25) is 0 Å². The molecule has 102 valence electrons. The minimum atomic E-state index is -4.28. The van der Waals surface area contributed by atoms with E-state index in [0.29, 0.717) is 5.56 Å². The predicted octanol–water partition coefficient (Wildman–Crippen LogP) is 1.55. The van der Waals surface area contributed by atoms with Gasteiger partial charge in [0.25, 0.3) is 0 Å². The molecule has 0 saturated heterocycles. The fourth-order valence-electron chi connectivity index (χ4n) is 1.34. The Morgan fingerprint density at radius 2 is 1.68 bits per heavy atom. The molecule has 0 atom stereocenters. The first kappa shape index (κ1) is 15.3. The molecule has 0 saturated carbocycles. The van der Waals surface area contributed by atoms with Crippen LogP contribution in [-0.4, -0.2) is 13.0 Å². The molecule has 0 bridgehead atoms. The normalized spacial score (nSPS) is 10.5. The van der Waals surface area contributed by atoms with Gasteiger partial charge in [0.15, 0.2) is 6.20 Å². The summed E-state index contributed by atoms with van der Waals surface area (Å²) in [4.78, 5) is -0.139. The van der Waals surface area contributed by atoms with Crippen LogP contribution in [-0.2, 0) is 17.2 Å². The monoisotopic (exact) mass is 283 g/mol. The summed E-state index contributed by atoms with van der Waals surface area (Å²) in [6, 6.07) is 11.0. The van der Waals surface area contributed by atoms with Crippen LogP contribution in [0.5, 0.6) is 0 Å². The van der Waals surface area contributed by atoms with Gasteiger partial charge >= 0.3 is 5.95 Å². The topological polar surface area (TPSA) is 61.1 Å². The second-order valence-corrected chi connectivity index (χ2v) is 5.20. The lowest BCUT2D eigenvalue weighted by atomic mass is 10.2. The van der Waals surface area contributed by atoms with Crippen molar-refractivity contribution in [3.05, 3.63) is 60.2 Å². The third-order valence-electron chi connectivity index (χ3n) is 2.35. The molecule has 6 heteroatoms. The van der Waals surface area contributed by atoms with Gasteiger partial charge in [-0.05, 0) is 24.6 Å². The molecule has 19 heavy (non-hydrogen) atoms. The Morgan fingerprint density at radius 3 is 2.05 bits per heavy atom. The summed E-state index contributed by atoms with van der Waals surface area (Å²) in [5, 5.41) is 0. The number of aromatic nitrogens is 1. The lowest BCUT2D eigenvalue weighted by Gasteiger charge is -2.08. The largest absolute Gasteiger partial charge is 0.744 e. The van der Waals surface area contributed by atoms with Crippen LogP contribution in [0.15, 0.2) is 53.6 Å². The zero-order chi connectivity index (χ0) is 14.5. The van der Waals surface area contributed by atoms with Gasteiger partial charge in [0.05, 0.1) is 4.90 Å². The first-order chi connectivity index (χ1) is 8.82. The van der Waals surface area contributed by atoms with Crippen molar-refractivity contribution in [1.82, 2.24) is 0 Å². The summed E-state index contributed by atoms with van der Waals surface area (Å²) in [6.07, 6.45) is 1.66. The Bertz CT molecular complexity index is 635. The number of nitrogens with zero attached hydrogens (tertiary/aromatic N) is 1. The van der Waals surface area contributed by atoms with Crippen LogP contribution in [0.4, 0.5) is 4.39 Å². The average Bonchev–Trinajstić information content (AvgIpc) is 2.33. The number of aryl methyl sites for hydroxylation is 2. The minimum Gasteiger partial charge on any atom is -0.744 e. The molecule has 0 aliphatic rings. The summed E-state index contributed by atoms with van der Waals surface area (Å²) in [6.45, 7) is 1.59. The van der Waals surface area contributed by atoms with Crippen LogP contribution >= 0.6 is 0 Å². The predicted molar refractivity (Wildman–Crippen MR) is 66.7 cm³/mol. The second-order valence-electron chi connectivity index (χ2n) is 3.85. The number of halogens is 1. The van der Waals surface area contributed by atoms with Gasteiger partial charge in [-0.3, -0.25) is 0 Å². The maximum atomic E-state index is 12.3. The number of hydrogen-bond donors (Lipinski definition) is 0. The molecule has 1 heterocycles. The SMILES string of the molecule is C[n+]1ccccc1F.Cc1ccccc1S(=O)(=O)[O-]. The van der Waals surface area contributed by atoms with E-state index in [1.807, 2.05) is 0 Å². The van der Waals surface area contributed by atoms with Crippen LogP contribution in [0.3, 0.4) is 0 Å². The fraction of sp³-hybridized carbons (Fsp3) is 0.154. The summed E-state index contributed by atoms with van der Waals surface area (Å²) in [5.74, 6) is -0.215. The number of hydrogen-bond acceptors (Lipinski definition) is 3. The highest BCUT2D eigenvalue weighted by molar-refractivity contribution is 7.85. The number of benzene rings is 1. The van der Waals surface area contributed by atoms with Crippen molar-refractivity contribution >= 4 is 10.1 Å². The molecule has 1 aromatic carbocycles. The maximum absolute atomic E-state index is 12.3. The maximum Gasteiger partial charge on any atom is 0.359 e. The van der Waals surface area contributed by atoms with Gasteiger partial charge < -0.3 is 4.55 Å². The smallest absolute Gasteiger partial charge is 0.359 e. The van der Waals surface area contributed by atoms with Crippen LogP contribution in [0.25, 0.3) is 0 Å². The summed E-state index contributed by atoms with van der Waals surface area (Å²) in [5.41, 5.74) is 0.488. The molecule has 4 nitrogen and oxygen atoms in total. The molecule has 1 aromatic heterocycles. The molecule has 0 radical (unpaired) electrons.